The Bertz CT molecular complexity index is 1360. The second kappa shape index (κ2) is 10.7. The number of carbonyl (C=O) groups is 1. The van der Waals surface area contributed by atoms with Crippen LogP contribution in [0.3, 0.4) is 0 Å². The summed E-state index contributed by atoms with van der Waals surface area (Å²) < 4.78 is 29.7. The zero-order valence-electron chi connectivity index (χ0n) is 18.5. The number of amides is 1. The molecule has 4 rings (SSSR count). The van der Waals surface area contributed by atoms with Crippen LogP contribution in [0.25, 0.3) is 0 Å². The van der Waals surface area contributed by atoms with Gasteiger partial charge >= 0.3 is 0 Å². The maximum atomic E-state index is 14.2. The van der Waals surface area contributed by atoms with E-state index in [2.05, 4.69) is 5.48 Å². The number of sulfonamides is 1. The summed E-state index contributed by atoms with van der Waals surface area (Å²) in [6, 6.07) is 18.0. The number of benzene rings is 3. The van der Waals surface area contributed by atoms with Crippen LogP contribution in [0.1, 0.15) is 29.6 Å². The van der Waals surface area contributed by atoms with Crippen LogP contribution in [0.2, 0.25) is 15.1 Å². The van der Waals surface area contributed by atoms with Crippen molar-refractivity contribution < 1.29 is 18.0 Å². The number of rotatable bonds is 6. The third-order valence-electron chi connectivity index (χ3n) is 5.68. The molecule has 0 saturated carbocycles. The Hall–Kier alpha value is -2.39. The fourth-order valence-corrected chi connectivity index (χ4v) is 6.38. The van der Waals surface area contributed by atoms with Gasteiger partial charge in [0, 0.05) is 20.6 Å². The van der Waals surface area contributed by atoms with Gasteiger partial charge in [-0.3, -0.25) is 9.63 Å². The van der Waals surface area contributed by atoms with Crippen molar-refractivity contribution in [3.63, 3.8) is 0 Å². The fourth-order valence-electron chi connectivity index (χ4n) is 4.15. The number of nitrogens with zero attached hydrogens (tertiary/aromatic N) is 1. The highest BCUT2D eigenvalue weighted by molar-refractivity contribution is 7.89. The van der Waals surface area contributed by atoms with Gasteiger partial charge in [0.1, 0.15) is 0 Å². The van der Waals surface area contributed by atoms with Crippen LogP contribution in [0, 0.1) is 0 Å². The highest BCUT2D eigenvalue weighted by atomic mass is 35.5. The molecule has 0 aromatic heterocycles. The van der Waals surface area contributed by atoms with Crippen molar-refractivity contribution in [1.82, 2.24) is 9.79 Å². The molecule has 182 valence electrons. The monoisotopic (exact) mass is 550 g/mol. The molecule has 3 aromatic rings. The summed E-state index contributed by atoms with van der Waals surface area (Å²) in [7, 11) is -2.83. The van der Waals surface area contributed by atoms with E-state index >= 15 is 0 Å². The van der Waals surface area contributed by atoms with Gasteiger partial charge in [-0.25, -0.2) is 13.9 Å². The second-order valence-corrected chi connectivity index (χ2v) is 11.0. The first-order valence-electron chi connectivity index (χ1n) is 10.6. The number of nitrogens with one attached hydrogen (secondary N) is 1. The maximum Gasteiger partial charge on any atom is 0.272 e. The summed E-state index contributed by atoms with van der Waals surface area (Å²) in [5, 5.41) is 1.34. The highest BCUT2D eigenvalue weighted by Gasteiger charge is 2.44. The summed E-state index contributed by atoms with van der Waals surface area (Å²) >= 11 is 18.4. The van der Waals surface area contributed by atoms with Crippen LogP contribution in [-0.4, -0.2) is 25.7 Å². The molecule has 2 unspecified atom stereocenters. The first-order valence-corrected chi connectivity index (χ1v) is 13.1. The lowest BCUT2D eigenvalue weighted by molar-refractivity contribution is -0.128. The molecule has 1 amide bonds. The molecule has 0 spiro atoms. The minimum atomic E-state index is -4.14. The van der Waals surface area contributed by atoms with Crippen molar-refractivity contribution in [2.24, 2.45) is 0 Å². The van der Waals surface area contributed by atoms with Gasteiger partial charge in [-0.15, -0.1) is 0 Å². The lowest BCUT2D eigenvalue weighted by Crippen LogP contribution is -2.44. The molecule has 1 N–H and O–H groups in total. The second-order valence-electron chi connectivity index (χ2n) is 7.84. The maximum absolute atomic E-state index is 14.2. The number of hydrogen-bond acceptors (Lipinski definition) is 4. The van der Waals surface area contributed by atoms with E-state index in [4.69, 9.17) is 39.6 Å². The van der Waals surface area contributed by atoms with Crippen molar-refractivity contribution in [2.75, 3.05) is 7.11 Å². The van der Waals surface area contributed by atoms with E-state index in [0.717, 1.165) is 5.56 Å². The minimum absolute atomic E-state index is 0.0429. The van der Waals surface area contributed by atoms with Crippen molar-refractivity contribution >= 4 is 50.7 Å². The SMILES string of the molecule is CONC(=O)C1=CCC(c2ccc(Cl)cc2)N(S(=O)(=O)c2ccc(Cl)cc2)C1c1cccc(Cl)c1. The van der Waals surface area contributed by atoms with Crippen LogP contribution < -0.4 is 5.48 Å². The Kier molecular flexibility index (Phi) is 7.86. The zero-order valence-corrected chi connectivity index (χ0v) is 21.6. The molecule has 1 heterocycles. The van der Waals surface area contributed by atoms with Gasteiger partial charge in [0.2, 0.25) is 10.0 Å². The van der Waals surface area contributed by atoms with Crippen LogP contribution in [0.4, 0.5) is 0 Å². The molecule has 10 heteroatoms. The van der Waals surface area contributed by atoms with Crippen LogP contribution >= 0.6 is 34.8 Å². The molecule has 0 aliphatic carbocycles. The zero-order chi connectivity index (χ0) is 25.2. The smallest absolute Gasteiger partial charge is 0.272 e. The van der Waals surface area contributed by atoms with Crippen LogP contribution in [-0.2, 0) is 19.7 Å². The van der Waals surface area contributed by atoms with E-state index in [1.165, 1.54) is 35.7 Å². The predicted octanol–water partition coefficient (Wildman–Crippen LogP) is 6.13. The molecule has 1 aliphatic heterocycles. The fraction of sp³-hybridized carbons (Fsp3) is 0.160. The Morgan fingerprint density at radius 1 is 0.914 bits per heavy atom. The van der Waals surface area contributed by atoms with Gasteiger partial charge in [-0.2, -0.15) is 4.31 Å². The molecular formula is C25H21Cl3N2O4S. The van der Waals surface area contributed by atoms with Gasteiger partial charge in [0.05, 0.1) is 24.1 Å². The first-order chi connectivity index (χ1) is 16.7. The largest absolute Gasteiger partial charge is 0.277 e. The van der Waals surface area contributed by atoms with Gasteiger partial charge in [-0.1, -0.05) is 65.1 Å². The normalized spacial score (nSPS) is 18.7. The molecule has 0 bridgehead atoms. The lowest BCUT2D eigenvalue weighted by Gasteiger charge is -2.41. The lowest BCUT2D eigenvalue weighted by atomic mass is 9.89. The molecule has 0 fully saturated rings. The molecular weight excluding hydrogens is 531 g/mol. The van der Waals surface area contributed by atoms with Crippen molar-refractivity contribution in [3.8, 4) is 0 Å². The van der Waals surface area contributed by atoms with Crippen molar-refractivity contribution in [2.45, 2.75) is 23.4 Å². The van der Waals surface area contributed by atoms with Crippen LogP contribution in [0.15, 0.2) is 89.3 Å². The molecule has 2 atom stereocenters. The molecule has 0 saturated heterocycles. The van der Waals surface area contributed by atoms with E-state index in [1.807, 2.05) is 0 Å². The summed E-state index contributed by atoms with van der Waals surface area (Å²) in [5.74, 6) is -0.552. The summed E-state index contributed by atoms with van der Waals surface area (Å²) in [6.45, 7) is 0. The third-order valence-corrected chi connectivity index (χ3v) is 8.31. The van der Waals surface area contributed by atoms with E-state index < -0.39 is 28.0 Å². The molecule has 3 aromatic carbocycles. The number of halogens is 3. The summed E-state index contributed by atoms with van der Waals surface area (Å²) in [4.78, 5) is 17.9. The Labute approximate surface area is 219 Å². The average molecular weight is 552 g/mol. The van der Waals surface area contributed by atoms with Gasteiger partial charge < -0.3 is 0 Å². The van der Waals surface area contributed by atoms with Gasteiger partial charge in [0.15, 0.2) is 0 Å². The number of carbonyl (C=O) groups excluding carboxylic acids is 1. The molecule has 1 aliphatic rings. The van der Waals surface area contributed by atoms with Crippen molar-refractivity contribution in [1.29, 1.82) is 0 Å². The van der Waals surface area contributed by atoms with Gasteiger partial charge in [0.25, 0.3) is 5.91 Å². The summed E-state index contributed by atoms with van der Waals surface area (Å²) in [5.41, 5.74) is 3.79. The highest BCUT2D eigenvalue weighted by Crippen LogP contribution is 2.46. The van der Waals surface area contributed by atoms with Crippen molar-refractivity contribution in [3.05, 3.63) is 111 Å². The standard InChI is InChI=1S/C25H21Cl3N2O4S/c1-34-29-25(31)22-13-14-23(16-5-7-18(26)8-6-16)30(24(22)17-3-2-4-20(28)15-17)35(32,33)21-11-9-19(27)10-12-21/h2-13,15,23-24H,14H2,1H3,(H,29,31). The van der Waals surface area contributed by atoms with E-state index in [9.17, 15) is 13.2 Å². The molecule has 0 radical (unpaired) electrons. The first kappa shape index (κ1) is 25.7. The molecule has 6 nitrogen and oxygen atoms in total. The van der Waals surface area contributed by atoms with E-state index in [-0.39, 0.29) is 16.9 Å². The number of hydrogen-bond donors (Lipinski definition) is 1. The summed E-state index contributed by atoms with van der Waals surface area (Å²) in [6.07, 6.45) is 1.98. The van der Waals surface area contributed by atoms with Gasteiger partial charge in [-0.05, 0) is 66.1 Å². The average Bonchev–Trinajstić information content (AvgIpc) is 2.84. The molecule has 35 heavy (non-hydrogen) atoms. The minimum Gasteiger partial charge on any atom is -0.277 e. The van der Waals surface area contributed by atoms with E-state index in [0.29, 0.717) is 20.6 Å². The third kappa shape index (κ3) is 5.40. The predicted molar refractivity (Wildman–Crippen MR) is 137 cm³/mol. The quantitative estimate of drug-likeness (QED) is 0.374. The Balaban J connectivity index is 1.97. The Morgan fingerprint density at radius 2 is 1.54 bits per heavy atom. The topological polar surface area (TPSA) is 75.7 Å². The van der Waals surface area contributed by atoms with Crippen LogP contribution in [0.5, 0.6) is 0 Å². The Morgan fingerprint density at radius 3 is 2.14 bits per heavy atom. The number of hydroxylamine groups is 1. The van der Waals surface area contributed by atoms with E-state index in [1.54, 1.807) is 54.6 Å².